The van der Waals surface area contributed by atoms with Gasteiger partial charge in [-0.15, -0.1) is 0 Å². The second-order valence-electron chi connectivity index (χ2n) is 8.93. The Balaban J connectivity index is 1.66. The Morgan fingerprint density at radius 1 is 1.03 bits per heavy atom. The maximum absolute atomic E-state index is 13.0. The summed E-state index contributed by atoms with van der Waals surface area (Å²) >= 11 is 0. The third-order valence-electron chi connectivity index (χ3n) is 7.19. The van der Waals surface area contributed by atoms with E-state index < -0.39 is 5.41 Å². The van der Waals surface area contributed by atoms with Gasteiger partial charge in [-0.3, -0.25) is 9.69 Å². The Morgan fingerprint density at radius 2 is 1.88 bits per heavy atom. The zero-order valence-electron chi connectivity index (χ0n) is 19.1. The van der Waals surface area contributed by atoms with E-state index in [2.05, 4.69) is 41.3 Å². The summed E-state index contributed by atoms with van der Waals surface area (Å²) in [4.78, 5) is 15.4. The Morgan fingerprint density at radius 3 is 2.61 bits per heavy atom. The van der Waals surface area contributed by atoms with Crippen molar-refractivity contribution in [2.75, 3.05) is 20.8 Å². The lowest BCUT2D eigenvalue weighted by molar-refractivity contribution is -0.120. The van der Waals surface area contributed by atoms with E-state index in [4.69, 9.17) is 13.9 Å². The van der Waals surface area contributed by atoms with Crippen LogP contribution in [-0.4, -0.2) is 31.4 Å². The molecule has 1 saturated heterocycles. The van der Waals surface area contributed by atoms with Gasteiger partial charge in [-0.1, -0.05) is 42.5 Å². The number of likely N-dealkylation sites (tertiary alicyclic amines) is 1. The van der Waals surface area contributed by atoms with Crippen LogP contribution in [0.5, 0.6) is 5.75 Å². The SMILES string of the molecule is COC1=CC(=O)C[C@@]2(c3cccc(OC)c3)CCN(Cc3ccccc3)[C@H](c3ccco3)[C@@H]12. The largest absolute Gasteiger partial charge is 0.501 e. The fraction of sp³-hybridized carbons (Fsp3) is 0.321. The van der Waals surface area contributed by atoms with Gasteiger partial charge in [0.15, 0.2) is 5.78 Å². The van der Waals surface area contributed by atoms with Gasteiger partial charge in [0.1, 0.15) is 17.3 Å². The van der Waals surface area contributed by atoms with Crippen LogP contribution in [0, 0.1) is 5.92 Å². The molecule has 2 aromatic carbocycles. The van der Waals surface area contributed by atoms with E-state index in [1.54, 1.807) is 26.6 Å². The van der Waals surface area contributed by atoms with E-state index in [9.17, 15) is 4.79 Å². The predicted molar refractivity (Wildman–Crippen MR) is 126 cm³/mol. The summed E-state index contributed by atoms with van der Waals surface area (Å²) < 4.78 is 17.4. The van der Waals surface area contributed by atoms with Crippen molar-refractivity contribution in [3.8, 4) is 5.75 Å². The first-order chi connectivity index (χ1) is 16.1. The topological polar surface area (TPSA) is 51.9 Å². The monoisotopic (exact) mass is 443 g/mol. The molecule has 1 aliphatic carbocycles. The van der Waals surface area contributed by atoms with Crippen molar-refractivity contribution < 1.29 is 18.7 Å². The third-order valence-corrected chi connectivity index (χ3v) is 7.19. The third kappa shape index (κ3) is 3.87. The number of hydrogen-bond donors (Lipinski definition) is 0. The van der Waals surface area contributed by atoms with Gasteiger partial charge in [0, 0.05) is 36.9 Å². The van der Waals surface area contributed by atoms with Crippen LogP contribution in [0.15, 0.2) is 89.2 Å². The number of hydrogen-bond acceptors (Lipinski definition) is 5. The lowest BCUT2D eigenvalue weighted by Crippen LogP contribution is -2.54. The van der Waals surface area contributed by atoms with Gasteiger partial charge < -0.3 is 13.9 Å². The van der Waals surface area contributed by atoms with Crippen LogP contribution in [0.4, 0.5) is 0 Å². The summed E-state index contributed by atoms with van der Waals surface area (Å²) in [6, 6.07) is 22.5. The molecule has 170 valence electrons. The molecule has 5 nitrogen and oxygen atoms in total. The molecule has 2 aliphatic rings. The number of carbonyl (C=O) groups excluding carboxylic acids is 1. The van der Waals surface area contributed by atoms with E-state index in [0.29, 0.717) is 12.2 Å². The first-order valence-corrected chi connectivity index (χ1v) is 11.4. The Bertz CT molecular complexity index is 1140. The summed E-state index contributed by atoms with van der Waals surface area (Å²) in [5.74, 6) is 2.42. The number of nitrogens with zero attached hydrogens (tertiary/aromatic N) is 1. The second kappa shape index (κ2) is 8.91. The van der Waals surface area contributed by atoms with Gasteiger partial charge in [-0.25, -0.2) is 0 Å². The molecule has 33 heavy (non-hydrogen) atoms. The van der Waals surface area contributed by atoms with Crippen molar-refractivity contribution in [2.45, 2.75) is 30.8 Å². The number of methoxy groups -OCH3 is 2. The minimum Gasteiger partial charge on any atom is -0.501 e. The summed E-state index contributed by atoms with van der Waals surface area (Å²) in [7, 11) is 3.34. The fourth-order valence-electron chi connectivity index (χ4n) is 5.73. The molecule has 0 radical (unpaired) electrons. The molecule has 5 rings (SSSR count). The van der Waals surface area contributed by atoms with Crippen LogP contribution in [0.3, 0.4) is 0 Å². The Kier molecular flexibility index (Phi) is 5.81. The number of carbonyl (C=O) groups is 1. The zero-order valence-corrected chi connectivity index (χ0v) is 19.1. The molecule has 0 unspecified atom stereocenters. The van der Waals surface area contributed by atoms with E-state index in [1.807, 2.05) is 30.3 Å². The smallest absolute Gasteiger partial charge is 0.159 e. The van der Waals surface area contributed by atoms with Crippen LogP contribution >= 0.6 is 0 Å². The normalized spacial score (nSPS) is 25.3. The number of piperidine rings is 1. The number of fused-ring (bicyclic) bond motifs is 1. The van der Waals surface area contributed by atoms with Crippen LogP contribution in [0.25, 0.3) is 0 Å². The van der Waals surface area contributed by atoms with E-state index >= 15 is 0 Å². The molecule has 3 atom stereocenters. The predicted octanol–water partition coefficient (Wildman–Crippen LogP) is 5.29. The van der Waals surface area contributed by atoms with Gasteiger partial charge in [-0.2, -0.15) is 0 Å². The van der Waals surface area contributed by atoms with Gasteiger partial charge >= 0.3 is 0 Å². The maximum atomic E-state index is 13.0. The van der Waals surface area contributed by atoms with Crippen LogP contribution < -0.4 is 4.74 Å². The summed E-state index contributed by atoms with van der Waals surface area (Å²) in [6.45, 7) is 1.63. The molecule has 3 aromatic rings. The first kappa shape index (κ1) is 21.5. The number of rotatable bonds is 6. The molecule has 5 heteroatoms. The van der Waals surface area contributed by atoms with Crippen LogP contribution in [0.1, 0.15) is 35.8 Å². The van der Waals surface area contributed by atoms with Gasteiger partial charge in [0.25, 0.3) is 0 Å². The van der Waals surface area contributed by atoms with Crippen molar-refractivity contribution in [2.24, 2.45) is 5.92 Å². The highest BCUT2D eigenvalue weighted by atomic mass is 16.5. The van der Waals surface area contributed by atoms with Crippen molar-refractivity contribution >= 4 is 5.78 Å². The van der Waals surface area contributed by atoms with Gasteiger partial charge in [0.05, 0.1) is 26.5 Å². The molecule has 0 bridgehead atoms. The van der Waals surface area contributed by atoms with Gasteiger partial charge in [-0.05, 0) is 41.8 Å². The number of benzene rings is 2. The molecule has 0 saturated carbocycles. The number of ketones is 1. The summed E-state index contributed by atoms with van der Waals surface area (Å²) in [5.41, 5.74) is 1.95. The van der Waals surface area contributed by atoms with Crippen LogP contribution in [-0.2, 0) is 21.5 Å². The first-order valence-electron chi connectivity index (χ1n) is 11.4. The number of allylic oxidation sites excluding steroid dienone is 1. The quantitative estimate of drug-likeness (QED) is 0.518. The van der Waals surface area contributed by atoms with Crippen molar-refractivity contribution in [1.82, 2.24) is 4.90 Å². The standard InChI is InChI=1S/C28H29NO4/c1-31-23-11-6-10-21(16-23)28-13-14-29(19-20-8-4-3-5-9-20)27(24-12-7-15-33-24)26(28)25(32-2)17-22(30)18-28/h3-12,15-17,26-27H,13-14,18-19H2,1-2H3/t26-,27-,28-/m1/s1. The highest BCUT2D eigenvalue weighted by Gasteiger charge is 2.55. The van der Waals surface area contributed by atoms with Crippen molar-refractivity contribution in [3.05, 3.63) is 102 Å². The zero-order chi connectivity index (χ0) is 22.8. The van der Waals surface area contributed by atoms with Crippen molar-refractivity contribution in [3.63, 3.8) is 0 Å². The number of furan rings is 1. The average Bonchev–Trinajstić information content (AvgIpc) is 3.39. The molecule has 0 N–H and O–H groups in total. The minimum absolute atomic E-state index is 0.0699. The molecular weight excluding hydrogens is 414 g/mol. The summed E-state index contributed by atoms with van der Waals surface area (Å²) in [5, 5.41) is 0. The molecule has 0 amide bonds. The molecule has 1 aromatic heterocycles. The number of ether oxygens (including phenoxy) is 2. The fourth-order valence-corrected chi connectivity index (χ4v) is 5.73. The molecule has 2 heterocycles. The molecule has 1 aliphatic heterocycles. The van der Waals surface area contributed by atoms with Gasteiger partial charge in [0.2, 0.25) is 0 Å². The Hall–Kier alpha value is -3.31. The lowest BCUT2D eigenvalue weighted by Gasteiger charge is -2.54. The maximum Gasteiger partial charge on any atom is 0.159 e. The highest BCUT2D eigenvalue weighted by molar-refractivity contribution is 5.92. The molecule has 1 fully saturated rings. The van der Waals surface area contributed by atoms with E-state index in [0.717, 1.165) is 36.6 Å². The molecular formula is C28H29NO4. The van der Waals surface area contributed by atoms with E-state index in [-0.39, 0.29) is 17.7 Å². The van der Waals surface area contributed by atoms with Crippen molar-refractivity contribution in [1.29, 1.82) is 0 Å². The second-order valence-corrected chi connectivity index (χ2v) is 8.93. The molecule has 0 spiro atoms. The minimum atomic E-state index is -0.406. The van der Waals surface area contributed by atoms with Crippen LogP contribution in [0.2, 0.25) is 0 Å². The summed E-state index contributed by atoms with van der Waals surface area (Å²) in [6.07, 6.45) is 4.68. The Labute approximate surface area is 194 Å². The van der Waals surface area contributed by atoms with E-state index in [1.165, 1.54) is 5.56 Å². The highest BCUT2D eigenvalue weighted by Crippen LogP contribution is 2.56. The lowest BCUT2D eigenvalue weighted by atomic mass is 9.57. The average molecular weight is 444 g/mol.